The maximum Gasteiger partial charge on any atom is 0.252 e. The Balaban J connectivity index is 1.58. The summed E-state index contributed by atoms with van der Waals surface area (Å²) >= 11 is 23.7. The van der Waals surface area contributed by atoms with Crippen molar-refractivity contribution in [2.45, 2.75) is 25.7 Å². The van der Waals surface area contributed by atoms with E-state index >= 15 is 0 Å². The Labute approximate surface area is 184 Å². The summed E-state index contributed by atoms with van der Waals surface area (Å²) in [7, 11) is 0. The van der Waals surface area contributed by atoms with Gasteiger partial charge in [-0.25, -0.2) is 0 Å². The van der Waals surface area contributed by atoms with Gasteiger partial charge in [0.1, 0.15) is 0 Å². The molecular weight excluding hydrogens is 442 g/mol. The predicted molar refractivity (Wildman–Crippen MR) is 116 cm³/mol. The van der Waals surface area contributed by atoms with Crippen molar-refractivity contribution in [2.24, 2.45) is 0 Å². The molecular formula is C20H20Cl4N2O2. The molecule has 0 radical (unpaired) electrons. The van der Waals surface area contributed by atoms with Crippen LogP contribution in [0.3, 0.4) is 0 Å². The van der Waals surface area contributed by atoms with E-state index in [2.05, 4.69) is 10.6 Å². The summed E-state index contributed by atoms with van der Waals surface area (Å²) in [5.41, 5.74) is 0.823. The molecule has 28 heavy (non-hydrogen) atoms. The fourth-order valence-electron chi connectivity index (χ4n) is 2.55. The van der Waals surface area contributed by atoms with Gasteiger partial charge in [0.2, 0.25) is 0 Å². The van der Waals surface area contributed by atoms with Gasteiger partial charge >= 0.3 is 0 Å². The highest BCUT2D eigenvalue weighted by atomic mass is 35.5. The minimum absolute atomic E-state index is 0.214. The van der Waals surface area contributed by atoms with Gasteiger partial charge in [-0.2, -0.15) is 0 Å². The third-order valence-electron chi connectivity index (χ3n) is 4.03. The fourth-order valence-corrected chi connectivity index (χ4v) is 3.53. The first-order valence-electron chi connectivity index (χ1n) is 8.85. The van der Waals surface area contributed by atoms with Crippen LogP contribution in [-0.4, -0.2) is 24.9 Å². The molecule has 2 aromatic carbocycles. The van der Waals surface area contributed by atoms with E-state index in [4.69, 9.17) is 46.4 Å². The second kappa shape index (κ2) is 11.5. The van der Waals surface area contributed by atoms with E-state index in [1.807, 2.05) is 0 Å². The highest BCUT2D eigenvalue weighted by Crippen LogP contribution is 2.21. The van der Waals surface area contributed by atoms with Crippen LogP contribution >= 0.6 is 46.4 Å². The van der Waals surface area contributed by atoms with Gasteiger partial charge in [-0.3, -0.25) is 9.59 Å². The smallest absolute Gasteiger partial charge is 0.252 e. The zero-order valence-corrected chi connectivity index (χ0v) is 18.1. The minimum Gasteiger partial charge on any atom is -0.352 e. The summed E-state index contributed by atoms with van der Waals surface area (Å²) in [4.78, 5) is 24.1. The van der Waals surface area contributed by atoms with Crippen LogP contribution in [0.15, 0.2) is 36.4 Å². The van der Waals surface area contributed by atoms with E-state index < -0.39 is 0 Å². The highest BCUT2D eigenvalue weighted by molar-refractivity contribution is 6.37. The van der Waals surface area contributed by atoms with Gasteiger partial charge in [-0.05, 0) is 49.2 Å². The molecule has 150 valence electrons. The Morgan fingerprint density at radius 1 is 0.643 bits per heavy atom. The van der Waals surface area contributed by atoms with Gasteiger partial charge in [0.05, 0.1) is 21.2 Å². The number of carbonyl (C=O) groups excluding carboxylic acids is 2. The van der Waals surface area contributed by atoms with E-state index in [1.54, 1.807) is 36.4 Å². The molecule has 0 saturated heterocycles. The normalized spacial score (nSPS) is 10.6. The standard InChI is InChI=1S/C20H20Cl4N2O2/c21-13-5-7-15(17(23)11-13)19(27)25-9-3-1-2-4-10-26-20(28)16-8-6-14(22)12-18(16)24/h5-8,11-12H,1-4,9-10H2,(H,25,27)(H,26,28). The van der Waals surface area contributed by atoms with Crippen LogP contribution in [0.25, 0.3) is 0 Å². The molecule has 0 fully saturated rings. The number of hydrogen-bond donors (Lipinski definition) is 2. The van der Waals surface area contributed by atoms with E-state index in [-0.39, 0.29) is 11.8 Å². The van der Waals surface area contributed by atoms with Crippen molar-refractivity contribution in [3.05, 3.63) is 67.6 Å². The van der Waals surface area contributed by atoms with E-state index in [9.17, 15) is 9.59 Å². The van der Waals surface area contributed by atoms with E-state index in [1.165, 1.54) is 0 Å². The fraction of sp³-hybridized carbons (Fsp3) is 0.300. The molecule has 4 nitrogen and oxygen atoms in total. The average Bonchev–Trinajstić information content (AvgIpc) is 2.63. The molecule has 2 N–H and O–H groups in total. The Bertz CT molecular complexity index is 773. The second-order valence-electron chi connectivity index (χ2n) is 6.17. The van der Waals surface area contributed by atoms with Gasteiger partial charge in [0.25, 0.3) is 11.8 Å². The SMILES string of the molecule is O=C(NCCCCCCNC(=O)c1ccc(Cl)cc1Cl)c1ccc(Cl)cc1Cl. The van der Waals surface area contributed by atoms with Gasteiger partial charge in [-0.15, -0.1) is 0 Å². The molecule has 0 heterocycles. The van der Waals surface area contributed by atoms with Gasteiger partial charge < -0.3 is 10.6 Å². The van der Waals surface area contributed by atoms with E-state index in [0.29, 0.717) is 44.3 Å². The molecule has 2 amide bonds. The summed E-state index contributed by atoms with van der Waals surface area (Å²) in [5.74, 6) is -0.428. The second-order valence-corrected chi connectivity index (χ2v) is 7.86. The Morgan fingerprint density at radius 3 is 1.39 bits per heavy atom. The number of rotatable bonds is 9. The van der Waals surface area contributed by atoms with Crippen molar-refractivity contribution >= 4 is 58.2 Å². The van der Waals surface area contributed by atoms with Gasteiger partial charge in [0, 0.05) is 23.1 Å². The third kappa shape index (κ3) is 7.17. The lowest BCUT2D eigenvalue weighted by molar-refractivity contribution is 0.0943. The lowest BCUT2D eigenvalue weighted by Gasteiger charge is -2.08. The molecule has 0 atom stereocenters. The number of hydrogen-bond acceptors (Lipinski definition) is 2. The molecule has 0 unspecified atom stereocenters. The van der Waals surface area contributed by atoms with Crippen LogP contribution in [0.5, 0.6) is 0 Å². The Morgan fingerprint density at radius 2 is 1.04 bits per heavy atom. The van der Waals surface area contributed by atoms with Crippen molar-refractivity contribution in [1.29, 1.82) is 0 Å². The maximum absolute atomic E-state index is 12.1. The van der Waals surface area contributed by atoms with Crippen molar-refractivity contribution in [3.8, 4) is 0 Å². The number of carbonyl (C=O) groups is 2. The van der Waals surface area contributed by atoms with Crippen LogP contribution in [0.4, 0.5) is 0 Å². The molecule has 8 heteroatoms. The summed E-state index contributed by atoms with van der Waals surface area (Å²) in [6, 6.07) is 9.57. The Hall–Kier alpha value is -1.46. The molecule has 0 aromatic heterocycles. The molecule has 0 saturated carbocycles. The zero-order chi connectivity index (χ0) is 20.5. The highest BCUT2D eigenvalue weighted by Gasteiger charge is 2.11. The number of amides is 2. The van der Waals surface area contributed by atoms with Crippen molar-refractivity contribution in [2.75, 3.05) is 13.1 Å². The number of nitrogens with one attached hydrogen (secondary N) is 2. The number of unbranched alkanes of at least 4 members (excludes halogenated alkanes) is 3. The van der Waals surface area contributed by atoms with Crippen LogP contribution in [0.2, 0.25) is 20.1 Å². The topological polar surface area (TPSA) is 58.2 Å². The summed E-state index contributed by atoms with van der Waals surface area (Å²) < 4.78 is 0. The zero-order valence-electron chi connectivity index (χ0n) is 15.0. The van der Waals surface area contributed by atoms with Gasteiger partial charge in [0.15, 0.2) is 0 Å². The molecule has 2 rings (SSSR count). The summed E-state index contributed by atoms with van der Waals surface area (Å²) in [5, 5.41) is 7.33. The number of benzene rings is 2. The largest absolute Gasteiger partial charge is 0.352 e. The van der Waals surface area contributed by atoms with Crippen molar-refractivity contribution < 1.29 is 9.59 Å². The first-order chi connectivity index (χ1) is 13.4. The first kappa shape index (κ1) is 22.8. The predicted octanol–water partition coefficient (Wildman–Crippen LogP) is 6.02. The molecule has 0 spiro atoms. The quantitative estimate of drug-likeness (QED) is 0.448. The van der Waals surface area contributed by atoms with Crippen LogP contribution < -0.4 is 10.6 Å². The van der Waals surface area contributed by atoms with Crippen molar-refractivity contribution in [3.63, 3.8) is 0 Å². The lowest BCUT2D eigenvalue weighted by atomic mass is 10.1. The third-order valence-corrected chi connectivity index (χ3v) is 5.12. The molecule has 0 bridgehead atoms. The van der Waals surface area contributed by atoms with Crippen LogP contribution in [0, 0.1) is 0 Å². The van der Waals surface area contributed by atoms with E-state index in [0.717, 1.165) is 25.7 Å². The maximum atomic E-state index is 12.1. The Kier molecular flexibility index (Phi) is 9.39. The summed E-state index contributed by atoms with van der Waals surface area (Å²) in [6.45, 7) is 1.12. The average molecular weight is 462 g/mol. The monoisotopic (exact) mass is 460 g/mol. The van der Waals surface area contributed by atoms with Crippen molar-refractivity contribution in [1.82, 2.24) is 10.6 Å². The molecule has 0 aliphatic heterocycles. The van der Waals surface area contributed by atoms with Crippen LogP contribution in [-0.2, 0) is 0 Å². The minimum atomic E-state index is -0.214. The lowest BCUT2D eigenvalue weighted by Crippen LogP contribution is -2.25. The first-order valence-corrected chi connectivity index (χ1v) is 10.4. The molecule has 0 aliphatic carbocycles. The summed E-state index contributed by atoms with van der Waals surface area (Å²) in [6.07, 6.45) is 3.56. The van der Waals surface area contributed by atoms with Gasteiger partial charge in [-0.1, -0.05) is 59.2 Å². The molecule has 2 aromatic rings. The number of halogens is 4. The molecule has 0 aliphatic rings. The van der Waals surface area contributed by atoms with Crippen LogP contribution in [0.1, 0.15) is 46.4 Å².